The van der Waals surface area contributed by atoms with E-state index in [1.165, 1.54) is 6.92 Å². The number of carboxylic acids is 1. The van der Waals surface area contributed by atoms with Crippen molar-refractivity contribution >= 4 is 19.6 Å². The monoisotopic (exact) mass is 264 g/mol. The van der Waals surface area contributed by atoms with Gasteiger partial charge in [0.15, 0.2) is 0 Å². The zero-order chi connectivity index (χ0) is 14.2. The standard InChI is InChI=1S/C7H17NO2P.C4H6O2/c1-5-11(10)7(9)6-8(2,3)4;1-3(2)4(5)6/h10H,5-6H2,1-4H3;1H2,2H3,(H,5,6)/q+1;. The maximum Gasteiger partial charge on any atom is 0.330 e. The summed E-state index contributed by atoms with van der Waals surface area (Å²) in [4.78, 5) is 29.9. The molecule has 0 aliphatic heterocycles. The number of rotatable bonds is 5. The molecule has 0 aliphatic rings. The third-order valence-corrected chi connectivity index (χ3v) is 2.88. The summed E-state index contributed by atoms with van der Waals surface area (Å²) in [5, 5.41) is 7.89. The van der Waals surface area contributed by atoms with Gasteiger partial charge in [0, 0.05) is 5.57 Å². The second-order valence-corrected chi connectivity index (χ2v) is 6.57. The van der Waals surface area contributed by atoms with Gasteiger partial charge in [-0.2, -0.15) is 0 Å². The van der Waals surface area contributed by atoms with E-state index in [-0.39, 0.29) is 11.1 Å². The number of quaternary nitrogens is 1. The number of carbonyl (C=O) groups is 2. The van der Waals surface area contributed by atoms with Gasteiger partial charge in [0.2, 0.25) is 5.52 Å². The van der Waals surface area contributed by atoms with Crippen molar-refractivity contribution in [3.05, 3.63) is 12.2 Å². The molecule has 0 aromatic rings. The Morgan fingerprint density at radius 1 is 1.29 bits per heavy atom. The first-order chi connectivity index (χ1) is 7.51. The molecule has 0 aromatic heterocycles. The van der Waals surface area contributed by atoms with Gasteiger partial charge >= 0.3 is 5.97 Å². The van der Waals surface area contributed by atoms with Gasteiger partial charge in [-0.05, 0) is 13.1 Å². The Bertz CT molecular complexity index is 272. The lowest BCUT2D eigenvalue weighted by Gasteiger charge is -2.23. The topological polar surface area (TPSA) is 74.6 Å². The number of hydrogen-bond donors (Lipinski definition) is 2. The fourth-order valence-electron chi connectivity index (χ4n) is 0.664. The highest BCUT2D eigenvalue weighted by atomic mass is 31.1. The molecule has 1 atom stereocenters. The minimum atomic E-state index is -1.36. The lowest BCUT2D eigenvalue weighted by Crippen LogP contribution is -2.39. The summed E-state index contributed by atoms with van der Waals surface area (Å²) in [6.07, 6.45) is 0.578. The first-order valence-electron chi connectivity index (χ1n) is 5.19. The first-order valence-corrected chi connectivity index (χ1v) is 6.67. The molecule has 6 heteroatoms. The van der Waals surface area contributed by atoms with Crippen LogP contribution in [0.3, 0.4) is 0 Å². The highest BCUT2D eigenvalue weighted by molar-refractivity contribution is 7.69. The Morgan fingerprint density at radius 3 is 1.82 bits per heavy atom. The summed E-state index contributed by atoms with van der Waals surface area (Å²) in [6, 6.07) is 0. The molecule has 0 saturated heterocycles. The highest BCUT2D eigenvalue weighted by Crippen LogP contribution is 2.30. The molecule has 0 fully saturated rings. The van der Waals surface area contributed by atoms with Crippen molar-refractivity contribution in [3.63, 3.8) is 0 Å². The molecule has 0 amide bonds. The van der Waals surface area contributed by atoms with Crippen molar-refractivity contribution in [2.75, 3.05) is 33.8 Å². The Balaban J connectivity index is 0. The van der Waals surface area contributed by atoms with Crippen LogP contribution in [0, 0.1) is 0 Å². The molecule has 1 unspecified atom stereocenters. The van der Waals surface area contributed by atoms with Crippen LogP contribution in [-0.4, -0.2) is 59.8 Å². The van der Waals surface area contributed by atoms with Crippen LogP contribution in [0.1, 0.15) is 13.8 Å². The molecular weight excluding hydrogens is 241 g/mol. The number of hydrogen-bond acceptors (Lipinski definition) is 3. The van der Waals surface area contributed by atoms with Crippen LogP contribution in [0.4, 0.5) is 0 Å². The van der Waals surface area contributed by atoms with Crippen molar-refractivity contribution in [1.29, 1.82) is 0 Å². The van der Waals surface area contributed by atoms with E-state index in [0.29, 0.717) is 17.2 Å². The van der Waals surface area contributed by atoms with E-state index in [1.54, 1.807) is 0 Å². The summed E-state index contributed by atoms with van der Waals surface area (Å²) < 4.78 is 0.595. The van der Waals surface area contributed by atoms with Gasteiger partial charge in [-0.1, -0.05) is 13.5 Å². The van der Waals surface area contributed by atoms with Crippen LogP contribution in [0.15, 0.2) is 12.2 Å². The molecular formula is C11H23NO4P+. The minimum absolute atomic E-state index is 0.00463. The first kappa shape index (κ1) is 18.6. The van der Waals surface area contributed by atoms with E-state index in [4.69, 9.17) is 5.11 Å². The predicted octanol–water partition coefficient (Wildman–Crippen LogP) is 1.28. The Kier molecular flexibility index (Phi) is 9.12. The van der Waals surface area contributed by atoms with Gasteiger partial charge in [-0.15, -0.1) is 0 Å². The van der Waals surface area contributed by atoms with Crippen LogP contribution in [0.5, 0.6) is 0 Å². The summed E-state index contributed by atoms with van der Waals surface area (Å²) >= 11 is 0. The smallest absolute Gasteiger partial charge is 0.330 e. The third kappa shape index (κ3) is 13.2. The lowest BCUT2D eigenvalue weighted by molar-refractivity contribution is -0.861. The van der Waals surface area contributed by atoms with Gasteiger partial charge in [0.25, 0.3) is 0 Å². The van der Waals surface area contributed by atoms with E-state index < -0.39 is 14.1 Å². The molecule has 100 valence electrons. The van der Waals surface area contributed by atoms with Gasteiger partial charge in [0.05, 0.1) is 21.1 Å². The maximum absolute atomic E-state index is 11.2. The normalized spacial score (nSPS) is 12.1. The molecule has 0 spiro atoms. The Morgan fingerprint density at radius 2 is 1.65 bits per heavy atom. The largest absolute Gasteiger partial charge is 0.478 e. The number of nitrogens with zero attached hydrogens (tertiary/aromatic N) is 1. The highest BCUT2D eigenvalue weighted by Gasteiger charge is 2.20. The molecule has 0 bridgehead atoms. The molecule has 0 radical (unpaired) electrons. The van der Waals surface area contributed by atoms with E-state index in [0.717, 1.165) is 0 Å². The van der Waals surface area contributed by atoms with Crippen LogP contribution in [-0.2, 0) is 9.59 Å². The molecule has 2 N–H and O–H groups in total. The SMILES string of the molecule is C=C(C)C(=O)O.CCP(O)C(=O)C[N+](C)(C)C. The van der Waals surface area contributed by atoms with Crippen molar-refractivity contribution in [2.45, 2.75) is 13.8 Å². The minimum Gasteiger partial charge on any atom is -0.478 e. The fourth-order valence-corrected chi connectivity index (χ4v) is 1.60. The second kappa shape index (κ2) is 8.34. The quantitative estimate of drug-likeness (QED) is 0.445. The summed E-state index contributed by atoms with van der Waals surface area (Å²) in [7, 11) is 4.47. The van der Waals surface area contributed by atoms with Crippen LogP contribution < -0.4 is 0 Å². The van der Waals surface area contributed by atoms with Gasteiger partial charge in [-0.25, -0.2) is 4.79 Å². The Labute approximate surface area is 104 Å². The van der Waals surface area contributed by atoms with Crippen molar-refractivity contribution in [2.24, 2.45) is 0 Å². The maximum atomic E-state index is 11.2. The Hall–Kier alpha value is -0.770. The average Bonchev–Trinajstić information content (AvgIpc) is 2.14. The molecule has 0 aromatic carbocycles. The molecule has 0 aliphatic carbocycles. The third-order valence-electron chi connectivity index (χ3n) is 1.56. The zero-order valence-corrected chi connectivity index (χ0v) is 12.1. The average molecular weight is 264 g/mol. The van der Waals surface area contributed by atoms with Gasteiger partial charge in [-0.3, -0.25) is 4.79 Å². The van der Waals surface area contributed by atoms with Crippen LogP contribution >= 0.6 is 8.15 Å². The van der Waals surface area contributed by atoms with E-state index in [1.807, 2.05) is 28.1 Å². The molecule has 17 heavy (non-hydrogen) atoms. The molecule has 0 saturated carbocycles. The zero-order valence-electron chi connectivity index (χ0n) is 11.2. The molecule has 5 nitrogen and oxygen atoms in total. The van der Waals surface area contributed by atoms with E-state index in [9.17, 15) is 14.5 Å². The predicted molar refractivity (Wildman–Crippen MR) is 70.0 cm³/mol. The second-order valence-electron chi connectivity index (χ2n) is 4.64. The van der Waals surface area contributed by atoms with Crippen LogP contribution in [0.25, 0.3) is 0 Å². The summed E-state index contributed by atoms with van der Waals surface area (Å²) in [6.45, 7) is 6.86. The van der Waals surface area contributed by atoms with E-state index in [2.05, 4.69) is 6.58 Å². The number of likely N-dealkylation sites (N-methyl/N-ethyl adjacent to an activating group) is 1. The van der Waals surface area contributed by atoms with Crippen molar-refractivity contribution in [1.82, 2.24) is 0 Å². The fraction of sp³-hybridized carbons (Fsp3) is 0.636. The van der Waals surface area contributed by atoms with Crippen molar-refractivity contribution < 1.29 is 24.1 Å². The van der Waals surface area contributed by atoms with Gasteiger partial charge in [0.1, 0.15) is 14.7 Å². The van der Waals surface area contributed by atoms with E-state index >= 15 is 0 Å². The van der Waals surface area contributed by atoms with Crippen molar-refractivity contribution in [3.8, 4) is 0 Å². The number of aliphatic carboxylic acids is 1. The van der Waals surface area contributed by atoms with Crippen LogP contribution in [0.2, 0.25) is 0 Å². The summed E-state index contributed by atoms with van der Waals surface area (Å²) in [5.74, 6) is -0.935. The lowest BCUT2D eigenvalue weighted by atomic mass is 10.4. The molecule has 0 rings (SSSR count). The van der Waals surface area contributed by atoms with Gasteiger partial charge < -0.3 is 14.5 Å². The number of carbonyl (C=O) groups excluding carboxylic acids is 1. The molecule has 0 heterocycles. The number of carboxylic acid groups (broad SMARTS) is 1. The summed E-state index contributed by atoms with van der Waals surface area (Å²) in [5.41, 5.74) is 0.171.